The number of hydrogen-bond donors (Lipinski definition) is 0. The van der Waals surface area contributed by atoms with Gasteiger partial charge in [0, 0.05) is 24.7 Å². The molecule has 0 aromatic heterocycles. The van der Waals surface area contributed by atoms with E-state index in [-0.39, 0.29) is 17.0 Å². The highest BCUT2D eigenvalue weighted by Gasteiger charge is 2.20. The minimum absolute atomic E-state index is 0.247. The summed E-state index contributed by atoms with van der Waals surface area (Å²) in [5, 5.41) is 0. The first kappa shape index (κ1) is 12.3. The summed E-state index contributed by atoms with van der Waals surface area (Å²) in [5.74, 6) is 0.498. The van der Waals surface area contributed by atoms with Gasteiger partial charge in [-0.05, 0) is 6.42 Å². The van der Waals surface area contributed by atoms with Crippen LogP contribution in [-0.2, 0) is 9.59 Å². The van der Waals surface area contributed by atoms with Crippen LogP contribution in [0.4, 0.5) is 0 Å². The van der Waals surface area contributed by atoms with Crippen molar-refractivity contribution in [2.24, 2.45) is 5.41 Å². The van der Waals surface area contributed by atoms with E-state index < -0.39 is 0 Å². The molecule has 0 saturated carbocycles. The van der Waals surface area contributed by atoms with E-state index in [0.29, 0.717) is 25.7 Å². The summed E-state index contributed by atoms with van der Waals surface area (Å²) in [5.41, 5.74) is -0.255. The zero-order valence-corrected chi connectivity index (χ0v) is 9.14. The number of carbonyl (C=O) groups excluding carboxylic acids is 2. The van der Waals surface area contributed by atoms with E-state index in [1.54, 1.807) is 0 Å². The van der Waals surface area contributed by atoms with E-state index in [1.165, 1.54) is 0 Å². The second-order valence-corrected chi connectivity index (χ2v) is 4.42. The van der Waals surface area contributed by atoms with Crippen LogP contribution < -0.4 is 0 Å². The molecule has 0 aliphatic heterocycles. The fourth-order valence-corrected chi connectivity index (χ4v) is 0.998. The second kappa shape index (κ2) is 5.15. The Kier molecular flexibility index (Phi) is 4.89. The molecule has 76 valence electrons. The van der Waals surface area contributed by atoms with Crippen molar-refractivity contribution < 1.29 is 9.59 Å². The lowest BCUT2D eigenvalue weighted by Gasteiger charge is -2.15. The molecule has 0 rings (SSSR count). The highest BCUT2D eigenvalue weighted by Crippen LogP contribution is 2.18. The maximum Gasteiger partial charge on any atom is 0.138 e. The third-order valence-electron chi connectivity index (χ3n) is 2.09. The van der Waals surface area contributed by atoms with Gasteiger partial charge in [0.05, 0.1) is 0 Å². The van der Waals surface area contributed by atoms with Crippen LogP contribution in [0.1, 0.15) is 53.4 Å². The van der Waals surface area contributed by atoms with Gasteiger partial charge < -0.3 is 0 Å². The predicted octanol–water partition coefficient (Wildman–Crippen LogP) is 2.75. The van der Waals surface area contributed by atoms with Crippen molar-refractivity contribution in [2.75, 3.05) is 0 Å². The largest absolute Gasteiger partial charge is 0.300 e. The predicted molar refractivity (Wildman–Crippen MR) is 53.6 cm³/mol. The Labute approximate surface area is 80.7 Å². The Balaban J connectivity index is 3.67. The lowest BCUT2D eigenvalue weighted by Crippen LogP contribution is -2.19. The van der Waals surface area contributed by atoms with Gasteiger partial charge in [0.25, 0.3) is 0 Å². The molecule has 0 aliphatic rings. The highest BCUT2D eigenvalue weighted by atomic mass is 16.1. The van der Waals surface area contributed by atoms with E-state index in [0.717, 1.165) is 0 Å². The average molecular weight is 184 g/mol. The molecule has 0 aromatic carbocycles. The van der Waals surface area contributed by atoms with Crippen molar-refractivity contribution in [1.82, 2.24) is 0 Å². The molecule has 0 aliphatic carbocycles. The topological polar surface area (TPSA) is 34.1 Å². The van der Waals surface area contributed by atoms with E-state index >= 15 is 0 Å². The van der Waals surface area contributed by atoms with Crippen LogP contribution in [0.15, 0.2) is 0 Å². The van der Waals surface area contributed by atoms with Gasteiger partial charge in [-0.25, -0.2) is 0 Å². The van der Waals surface area contributed by atoms with Crippen LogP contribution in [-0.4, -0.2) is 11.6 Å². The first-order chi connectivity index (χ1) is 5.88. The summed E-state index contributed by atoms with van der Waals surface area (Å²) in [7, 11) is 0. The molecule has 0 spiro atoms. The molecule has 0 amide bonds. The number of carbonyl (C=O) groups is 2. The van der Waals surface area contributed by atoms with Gasteiger partial charge in [-0.1, -0.05) is 27.7 Å². The minimum atomic E-state index is -0.255. The molecule has 0 saturated heterocycles. The molecule has 0 heterocycles. The van der Waals surface area contributed by atoms with Gasteiger partial charge in [0.2, 0.25) is 0 Å². The summed E-state index contributed by atoms with van der Waals surface area (Å²) in [6.45, 7) is 7.60. The number of rotatable bonds is 5. The van der Waals surface area contributed by atoms with Crippen LogP contribution in [0, 0.1) is 5.41 Å². The number of ketones is 2. The molecular formula is C11H20O2. The Morgan fingerprint density at radius 1 is 1.08 bits per heavy atom. The molecule has 0 bridgehead atoms. The molecule has 0 fully saturated rings. The number of hydrogen-bond acceptors (Lipinski definition) is 2. The summed E-state index contributed by atoms with van der Waals surface area (Å²) in [6, 6.07) is 0. The molecule has 0 atom stereocenters. The van der Waals surface area contributed by atoms with Crippen LogP contribution in [0.25, 0.3) is 0 Å². The summed E-state index contributed by atoms with van der Waals surface area (Å²) >= 11 is 0. The van der Waals surface area contributed by atoms with Gasteiger partial charge in [0.1, 0.15) is 11.6 Å². The van der Waals surface area contributed by atoms with Crippen LogP contribution in [0.3, 0.4) is 0 Å². The smallest absolute Gasteiger partial charge is 0.138 e. The third kappa shape index (κ3) is 5.56. The normalized spacial score (nSPS) is 11.4. The average Bonchev–Trinajstić information content (AvgIpc) is 2.02. The zero-order chi connectivity index (χ0) is 10.5. The van der Waals surface area contributed by atoms with Crippen LogP contribution in [0.2, 0.25) is 0 Å². The first-order valence-corrected chi connectivity index (χ1v) is 4.93. The Bertz CT molecular complexity index is 187. The number of Topliss-reactive ketones (excluding diaryl/α,β-unsaturated/α-hetero) is 2. The molecule has 13 heavy (non-hydrogen) atoms. The van der Waals surface area contributed by atoms with Gasteiger partial charge in [-0.2, -0.15) is 0 Å². The van der Waals surface area contributed by atoms with Crippen molar-refractivity contribution >= 4 is 11.6 Å². The molecule has 0 aromatic rings. The van der Waals surface area contributed by atoms with Crippen molar-refractivity contribution in [3.63, 3.8) is 0 Å². The summed E-state index contributed by atoms with van der Waals surface area (Å²) in [6.07, 6.45) is 2.39. The molecule has 0 N–H and O–H groups in total. The monoisotopic (exact) mass is 184 g/mol. The first-order valence-electron chi connectivity index (χ1n) is 4.93. The zero-order valence-electron chi connectivity index (χ0n) is 9.14. The summed E-state index contributed by atoms with van der Waals surface area (Å²) < 4.78 is 0. The fraction of sp³-hybridized carbons (Fsp3) is 0.818. The van der Waals surface area contributed by atoms with E-state index in [1.807, 2.05) is 27.7 Å². The van der Waals surface area contributed by atoms with Gasteiger partial charge in [-0.15, -0.1) is 0 Å². The molecule has 2 heteroatoms. The SMILES string of the molecule is CCC(=O)CCCC(=O)C(C)(C)C. The third-order valence-corrected chi connectivity index (χ3v) is 2.09. The van der Waals surface area contributed by atoms with E-state index in [2.05, 4.69) is 0 Å². The van der Waals surface area contributed by atoms with Crippen LogP contribution >= 0.6 is 0 Å². The molecule has 0 radical (unpaired) electrons. The van der Waals surface area contributed by atoms with E-state index in [9.17, 15) is 9.59 Å². The fourth-order valence-electron chi connectivity index (χ4n) is 0.998. The second-order valence-electron chi connectivity index (χ2n) is 4.42. The lowest BCUT2D eigenvalue weighted by atomic mass is 9.88. The van der Waals surface area contributed by atoms with Gasteiger partial charge in [-0.3, -0.25) is 9.59 Å². The van der Waals surface area contributed by atoms with Gasteiger partial charge >= 0.3 is 0 Å². The maximum absolute atomic E-state index is 11.4. The lowest BCUT2D eigenvalue weighted by molar-refractivity contribution is -0.126. The Morgan fingerprint density at radius 2 is 1.62 bits per heavy atom. The maximum atomic E-state index is 11.4. The minimum Gasteiger partial charge on any atom is -0.300 e. The molecule has 0 unspecified atom stereocenters. The standard InChI is InChI=1S/C11H20O2/c1-5-9(12)7-6-8-10(13)11(2,3)4/h5-8H2,1-4H3. The Hall–Kier alpha value is -0.660. The molecular weight excluding hydrogens is 164 g/mol. The quantitative estimate of drug-likeness (QED) is 0.658. The van der Waals surface area contributed by atoms with Crippen molar-refractivity contribution in [1.29, 1.82) is 0 Å². The van der Waals surface area contributed by atoms with Crippen molar-refractivity contribution in [3.05, 3.63) is 0 Å². The Morgan fingerprint density at radius 3 is 2.00 bits per heavy atom. The summed E-state index contributed by atoms with van der Waals surface area (Å²) in [4.78, 5) is 22.4. The van der Waals surface area contributed by atoms with Gasteiger partial charge in [0.15, 0.2) is 0 Å². The van der Waals surface area contributed by atoms with Crippen LogP contribution in [0.5, 0.6) is 0 Å². The van der Waals surface area contributed by atoms with Crippen molar-refractivity contribution in [3.8, 4) is 0 Å². The van der Waals surface area contributed by atoms with E-state index in [4.69, 9.17) is 0 Å². The highest BCUT2D eigenvalue weighted by molar-refractivity contribution is 5.84. The van der Waals surface area contributed by atoms with Crippen molar-refractivity contribution in [2.45, 2.75) is 53.4 Å². The molecule has 2 nitrogen and oxygen atoms in total.